The molecule has 1 aromatic carbocycles. The number of amides is 1. The molecule has 6 nitrogen and oxygen atoms in total. The number of carbonyl (C=O) groups is 1. The number of nitrogen functional groups attached to an aromatic ring is 1. The molecule has 0 aliphatic carbocycles. The van der Waals surface area contributed by atoms with Crippen LogP contribution in [0.2, 0.25) is 5.15 Å². The number of rotatable bonds is 2. The highest BCUT2D eigenvalue weighted by Crippen LogP contribution is 2.24. The number of hydrogen-bond acceptors (Lipinski definition) is 4. The third-order valence-electron chi connectivity index (χ3n) is 2.86. The highest BCUT2D eigenvalue weighted by molar-refractivity contribution is 9.10. The van der Waals surface area contributed by atoms with E-state index >= 15 is 0 Å². The molecule has 21 heavy (non-hydrogen) atoms. The van der Waals surface area contributed by atoms with E-state index in [1.54, 1.807) is 24.3 Å². The van der Waals surface area contributed by atoms with Gasteiger partial charge in [-0.25, -0.2) is 4.98 Å². The molecule has 0 radical (unpaired) electrons. The van der Waals surface area contributed by atoms with Gasteiger partial charge < -0.3 is 11.1 Å². The molecule has 3 aromatic rings. The Kier molecular flexibility index (Phi) is 3.52. The number of benzene rings is 1. The van der Waals surface area contributed by atoms with Crippen molar-refractivity contribution in [2.45, 2.75) is 0 Å². The van der Waals surface area contributed by atoms with Crippen molar-refractivity contribution in [3.05, 3.63) is 45.8 Å². The number of aromatic amines is 1. The Morgan fingerprint density at radius 3 is 2.95 bits per heavy atom. The van der Waals surface area contributed by atoms with E-state index < -0.39 is 0 Å². The van der Waals surface area contributed by atoms with Gasteiger partial charge in [-0.2, -0.15) is 5.10 Å². The normalized spacial score (nSPS) is 10.8. The third-order valence-corrected chi connectivity index (χ3v) is 3.99. The van der Waals surface area contributed by atoms with Crippen LogP contribution in [0.15, 0.2) is 34.9 Å². The standard InChI is InChI=1S/C13H9BrClN5O/c14-9-4-7(5-17-12(9)15)18-13(21)11-8-3-6(16)1-2-10(8)19-20-11/h1-5H,16H2,(H,18,21)(H,19,20). The Balaban J connectivity index is 1.93. The minimum absolute atomic E-state index is 0.267. The number of aromatic nitrogens is 3. The number of nitrogens with one attached hydrogen (secondary N) is 2. The predicted molar refractivity (Wildman–Crippen MR) is 85.4 cm³/mol. The van der Waals surface area contributed by atoms with Crippen LogP contribution < -0.4 is 11.1 Å². The third kappa shape index (κ3) is 2.70. The molecular weight excluding hydrogens is 358 g/mol. The van der Waals surface area contributed by atoms with Gasteiger partial charge in [-0.1, -0.05) is 11.6 Å². The first-order valence-corrected chi connectivity index (χ1v) is 7.07. The highest BCUT2D eigenvalue weighted by atomic mass is 79.9. The molecular formula is C13H9BrClN5O. The van der Waals surface area contributed by atoms with Crippen LogP contribution in [0.4, 0.5) is 11.4 Å². The van der Waals surface area contributed by atoms with Crippen LogP contribution in [-0.4, -0.2) is 21.1 Å². The van der Waals surface area contributed by atoms with Gasteiger partial charge in [0.1, 0.15) is 5.15 Å². The summed E-state index contributed by atoms with van der Waals surface area (Å²) in [7, 11) is 0. The molecule has 0 aliphatic rings. The van der Waals surface area contributed by atoms with Crippen molar-refractivity contribution >= 4 is 55.7 Å². The second kappa shape index (κ2) is 5.34. The lowest BCUT2D eigenvalue weighted by atomic mass is 10.2. The van der Waals surface area contributed by atoms with Crippen molar-refractivity contribution in [3.63, 3.8) is 0 Å². The summed E-state index contributed by atoms with van der Waals surface area (Å²) in [6.45, 7) is 0. The van der Waals surface area contributed by atoms with E-state index in [-0.39, 0.29) is 11.6 Å². The first kappa shape index (κ1) is 13.8. The summed E-state index contributed by atoms with van der Waals surface area (Å²) in [5, 5.41) is 10.5. The van der Waals surface area contributed by atoms with Crippen molar-refractivity contribution in [2.75, 3.05) is 11.1 Å². The van der Waals surface area contributed by atoms with Gasteiger partial charge in [0, 0.05) is 11.1 Å². The molecule has 2 heterocycles. The minimum Gasteiger partial charge on any atom is -0.399 e. The Morgan fingerprint density at radius 1 is 1.38 bits per heavy atom. The van der Waals surface area contributed by atoms with E-state index in [0.29, 0.717) is 26.4 Å². The molecule has 106 valence electrons. The molecule has 2 aromatic heterocycles. The number of fused-ring (bicyclic) bond motifs is 1. The van der Waals surface area contributed by atoms with E-state index in [2.05, 4.69) is 36.4 Å². The van der Waals surface area contributed by atoms with Gasteiger partial charge in [0.15, 0.2) is 5.69 Å². The number of nitrogens with zero attached hydrogens (tertiary/aromatic N) is 2. The Bertz CT molecular complexity index is 848. The van der Waals surface area contributed by atoms with Gasteiger partial charge in [0.05, 0.1) is 21.9 Å². The second-order valence-corrected chi connectivity index (χ2v) is 5.54. The summed E-state index contributed by atoms with van der Waals surface area (Å²) in [6.07, 6.45) is 1.47. The van der Waals surface area contributed by atoms with Crippen molar-refractivity contribution < 1.29 is 4.79 Å². The molecule has 0 bridgehead atoms. The van der Waals surface area contributed by atoms with Crippen LogP contribution in [0.5, 0.6) is 0 Å². The van der Waals surface area contributed by atoms with Gasteiger partial charge in [0.25, 0.3) is 5.91 Å². The predicted octanol–water partition coefficient (Wildman–Crippen LogP) is 3.21. The molecule has 0 aliphatic heterocycles. The highest BCUT2D eigenvalue weighted by Gasteiger charge is 2.15. The largest absolute Gasteiger partial charge is 0.399 e. The topological polar surface area (TPSA) is 96.7 Å². The van der Waals surface area contributed by atoms with E-state index in [0.717, 1.165) is 5.52 Å². The Morgan fingerprint density at radius 2 is 2.19 bits per heavy atom. The first-order valence-electron chi connectivity index (χ1n) is 5.90. The van der Waals surface area contributed by atoms with E-state index in [4.69, 9.17) is 17.3 Å². The van der Waals surface area contributed by atoms with E-state index in [9.17, 15) is 4.79 Å². The lowest BCUT2D eigenvalue weighted by Crippen LogP contribution is -2.13. The summed E-state index contributed by atoms with van der Waals surface area (Å²) in [6, 6.07) is 6.87. The molecule has 0 fully saturated rings. The molecule has 4 N–H and O–H groups in total. The van der Waals surface area contributed by atoms with Crippen LogP contribution in [0.3, 0.4) is 0 Å². The molecule has 0 saturated carbocycles. The zero-order chi connectivity index (χ0) is 15.0. The lowest BCUT2D eigenvalue weighted by molar-refractivity contribution is 0.102. The summed E-state index contributed by atoms with van der Waals surface area (Å²) < 4.78 is 0.595. The summed E-state index contributed by atoms with van der Waals surface area (Å²) in [5.74, 6) is -0.358. The lowest BCUT2D eigenvalue weighted by Gasteiger charge is -2.04. The number of nitrogens with two attached hydrogens (primary N) is 1. The second-order valence-electron chi connectivity index (χ2n) is 4.33. The van der Waals surface area contributed by atoms with Crippen LogP contribution in [0, 0.1) is 0 Å². The molecule has 0 unspecified atom stereocenters. The van der Waals surface area contributed by atoms with Gasteiger partial charge in [0.2, 0.25) is 0 Å². The minimum atomic E-state index is -0.358. The first-order chi connectivity index (χ1) is 10.0. The van der Waals surface area contributed by atoms with Gasteiger partial charge in [-0.15, -0.1) is 0 Å². The van der Waals surface area contributed by atoms with E-state index in [1.165, 1.54) is 6.20 Å². The molecule has 8 heteroatoms. The van der Waals surface area contributed by atoms with Crippen LogP contribution in [0.1, 0.15) is 10.5 Å². The molecule has 3 rings (SSSR count). The molecule has 0 atom stereocenters. The number of H-pyrrole nitrogens is 1. The molecule has 0 spiro atoms. The van der Waals surface area contributed by atoms with Gasteiger partial charge >= 0.3 is 0 Å². The molecule has 1 amide bonds. The fraction of sp³-hybridized carbons (Fsp3) is 0. The summed E-state index contributed by atoms with van der Waals surface area (Å²) in [5.41, 5.74) is 7.82. The maximum atomic E-state index is 12.3. The van der Waals surface area contributed by atoms with Crippen LogP contribution in [-0.2, 0) is 0 Å². The number of pyridine rings is 1. The SMILES string of the molecule is Nc1ccc2[nH]nc(C(=O)Nc3cnc(Cl)c(Br)c3)c2c1. The quantitative estimate of drug-likeness (QED) is 0.479. The number of hydrogen-bond donors (Lipinski definition) is 3. The van der Waals surface area contributed by atoms with Crippen LogP contribution in [0.25, 0.3) is 10.9 Å². The number of carbonyl (C=O) groups excluding carboxylic acids is 1. The maximum Gasteiger partial charge on any atom is 0.276 e. The zero-order valence-electron chi connectivity index (χ0n) is 10.5. The van der Waals surface area contributed by atoms with Gasteiger partial charge in [-0.3, -0.25) is 9.89 Å². The summed E-state index contributed by atoms with van der Waals surface area (Å²) in [4.78, 5) is 16.2. The monoisotopic (exact) mass is 365 g/mol. The summed E-state index contributed by atoms with van der Waals surface area (Å²) >= 11 is 9.06. The molecule has 0 saturated heterocycles. The van der Waals surface area contributed by atoms with Crippen molar-refractivity contribution in [3.8, 4) is 0 Å². The van der Waals surface area contributed by atoms with Crippen molar-refractivity contribution in [1.82, 2.24) is 15.2 Å². The Hall–Kier alpha value is -2.12. The van der Waals surface area contributed by atoms with Crippen molar-refractivity contribution in [2.24, 2.45) is 0 Å². The number of anilines is 2. The average Bonchev–Trinajstić information content (AvgIpc) is 2.86. The van der Waals surface area contributed by atoms with Gasteiger partial charge in [-0.05, 0) is 40.2 Å². The van der Waals surface area contributed by atoms with E-state index in [1.807, 2.05) is 0 Å². The van der Waals surface area contributed by atoms with Crippen LogP contribution >= 0.6 is 27.5 Å². The zero-order valence-corrected chi connectivity index (χ0v) is 12.9. The fourth-order valence-electron chi connectivity index (χ4n) is 1.88. The Labute approximate surface area is 132 Å². The average molecular weight is 367 g/mol. The fourth-order valence-corrected chi connectivity index (χ4v) is 2.34. The number of halogens is 2. The maximum absolute atomic E-state index is 12.3. The smallest absolute Gasteiger partial charge is 0.276 e. The van der Waals surface area contributed by atoms with Crippen molar-refractivity contribution in [1.29, 1.82) is 0 Å².